The second-order valence-corrected chi connectivity index (χ2v) is 22.4. The van der Waals surface area contributed by atoms with Gasteiger partial charge in [0.25, 0.3) is 0 Å². The van der Waals surface area contributed by atoms with Crippen molar-refractivity contribution in [3.05, 3.63) is 72.9 Å². The van der Waals surface area contributed by atoms with E-state index in [0.717, 1.165) is 103 Å². The summed E-state index contributed by atoms with van der Waals surface area (Å²) in [5, 5.41) is 0. The van der Waals surface area contributed by atoms with Crippen LogP contribution < -0.4 is 0 Å². The molecule has 0 spiro atoms. The second kappa shape index (κ2) is 65.4. The molecule has 1 unspecified atom stereocenters. The van der Waals surface area contributed by atoms with Crippen LogP contribution in [0.5, 0.6) is 0 Å². The number of allylic oxidation sites excluding steroid dienone is 12. The summed E-state index contributed by atoms with van der Waals surface area (Å²) in [7, 11) is 0. The predicted molar refractivity (Wildman–Crippen MR) is 335 cm³/mol. The Hall–Kier alpha value is -3.15. The molecule has 0 amide bonds. The maximum atomic E-state index is 12.9. The molecule has 1 atom stereocenters. The van der Waals surface area contributed by atoms with Crippen LogP contribution in [0.2, 0.25) is 0 Å². The van der Waals surface area contributed by atoms with Crippen molar-refractivity contribution in [3.63, 3.8) is 0 Å². The number of hydrogen-bond acceptors (Lipinski definition) is 6. The van der Waals surface area contributed by atoms with Crippen LogP contribution in [-0.4, -0.2) is 37.2 Å². The van der Waals surface area contributed by atoms with E-state index in [4.69, 9.17) is 14.2 Å². The first-order chi connectivity index (χ1) is 38.0. The van der Waals surface area contributed by atoms with Gasteiger partial charge in [-0.1, -0.05) is 286 Å². The molecule has 0 aromatic rings. The minimum absolute atomic E-state index is 0.0827. The van der Waals surface area contributed by atoms with E-state index < -0.39 is 6.10 Å². The number of hydrogen-bond donors (Lipinski definition) is 0. The molecule has 0 fully saturated rings. The standard InChI is InChI=1S/C71H126O6/c1-4-7-10-13-16-19-22-25-27-29-31-33-35-37-39-41-43-46-49-52-55-58-61-64-70(73)76-67-68(66-75-69(72)63-60-57-54-51-48-45-24-21-18-15-12-9-6-3)77-71(74)65-62-59-56-53-50-47-44-42-40-38-36-34-32-30-28-26-23-20-17-14-11-8-5-2/h12,15,21-22,24-25,29-32,35,37,68H,4-11,13-14,16-20,23,26-28,33-34,36,38-67H2,1-3H3/b15-12-,24-21-,25-22-,31-29-,32-30-,37-35-. The highest BCUT2D eigenvalue weighted by atomic mass is 16.6. The first-order valence-electron chi connectivity index (χ1n) is 33.4. The van der Waals surface area contributed by atoms with Crippen LogP contribution in [0.4, 0.5) is 0 Å². The lowest BCUT2D eigenvalue weighted by molar-refractivity contribution is -0.167. The maximum absolute atomic E-state index is 12.9. The zero-order valence-electron chi connectivity index (χ0n) is 51.2. The Kier molecular flexibility index (Phi) is 62.7. The van der Waals surface area contributed by atoms with E-state index in [0.29, 0.717) is 19.3 Å². The Bertz CT molecular complexity index is 1420. The van der Waals surface area contributed by atoms with Crippen molar-refractivity contribution in [2.75, 3.05) is 13.2 Å². The van der Waals surface area contributed by atoms with E-state index in [1.807, 2.05) is 0 Å². The fourth-order valence-corrected chi connectivity index (χ4v) is 9.60. The van der Waals surface area contributed by atoms with Crippen LogP contribution in [0.15, 0.2) is 72.9 Å². The zero-order valence-corrected chi connectivity index (χ0v) is 51.2. The molecule has 0 aromatic heterocycles. The van der Waals surface area contributed by atoms with Crippen LogP contribution in [0.3, 0.4) is 0 Å². The number of ether oxygens (including phenoxy) is 3. The zero-order chi connectivity index (χ0) is 55.7. The summed E-state index contributed by atoms with van der Waals surface area (Å²) >= 11 is 0. The highest BCUT2D eigenvalue weighted by Gasteiger charge is 2.19. The molecular formula is C71H126O6. The molecule has 0 aliphatic carbocycles. The van der Waals surface area contributed by atoms with Crippen LogP contribution in [-0.2, 0) is 28.6 Å². The van der Waals surface area contributed by atoms with Gasteiger partial charge in [-0.25, -0.2) is 0 Å². The Balaban J connectivity index is 4.32. The van der Waals surface area contributed by atoms with Gasteiger partial charge in [0.15, 0.2) is 6.10 Å². The molecule has 0 aliphatic rings. The normalized spacial score (nSPS) is 12.5. The lowest BCUT2D eigenvalue weighted by Gasteiger charge is -2.18. The Morgan fingerprint density at radius 1 is 0.260 bits per heavy atom. The third-order valence-corrected chi connectivity index (χ3v) is 14.6. The van der Waals surface area contributed by atoms with Crippen molar-refractivity contribution in [3.8, 4) is 0 Å². The van der Waals surface area contributed by atoms with E-state index in [9.17, 15) is 14.4 Å². The second-order valence-electron chi connectivity index (χ2n) is 22.4. The van der Waals surface area contributed by atoms with Crippen LogP contribution in [0.25, 0.3) is 0 Å². The van der Waals surface area contributed by atoms with Crippen molar-refractivity contribution >= 4 is 17.9 Å². The summed E-state index contributed by atoms with van der Waals surface area (Å²) in [6.45, 7) is 6.59. The smallest absolute Gasteiger partial charge is 0.306 e. The molecule has 0 saturated heterocycles. The van der Waals surface area contributed by atoms with Gasteiger partial charge >= 0.3 is 17.9 Å². The van der Waals surface area contributed by atoms with Gasteiger partial charge in [-0.15, -0.1) is 0 Å². The Morgan fingerprint density at radius 3 is 0.792 bits per heavy atom. The summed E-state index contributed by atoms with van der Waals surface area (Å²) in [6.07, 6.45) is 84.9. The fraction of sp³-hybridized carbons (Fsp3) is 0.789. The third-order valence-electron chi connectivity index (χ3n) is 14.6. The minimum Gasteiger partial charge on any atom is -0.462 e. The van der Waals surface area contributed by atoms with E-state index in [-0.39, 0.29) is 31.1 Å². The lowest BCUT2D eigenvalue weighted by Crippen LogP contribution is -2.30. The fourth-order valence-electron chi connectivity index (χ4n) is 9.60. The SMILES string of the molecule is CCC/C=C\C/C=C\CCCCCCCC(=O)OCC(COC(=O)CCCCCCCCCC/C=C\C/C=C\C/C=C\CCCCCCC)OC(=O)CCCCCCCCCCCCC/C=C\CCCCCCCCCC. The van der Waals surface area contributed by atoms with Crippen molar-refractivity contribution < 1.29 is 28.6 Å². The number of rotatable bonds is 61. The molecule has 0 rings (SSSR count). The molecule has 0 radical (unpaired) electrons. The molecule has 0 aliphatic heterocycles. The van der Waals surface area contributed by atoms with Crippen LogP contribution >= 0.6 is 0 Å². The van der Waals surface area contributed by atoms with Gasteiger partial charge in [-0.2, -0.15) is 0 Å². The predicted octanol–water partition coefficient (Wildman–Crippen LogP) is 22.9. The molecule has 0 aromatic carbocycles. The monoisotopic (exact) mass is 1070 g/mol. The molecule has 0 bridgehead atoms. The largest absolute Gasteiger partial charge is 0.462 e. The summed E-state index contributed by atoms with van der Waals surface area (Å²) in [5.74, 6) is -0.889. The number of esters is 3. The van der Waals surface area contributed by atoms with Gasteiger partial charge in [0, 0.05) is 19.3 Å². The average Bonchev–Trinajstić information content (AvgIpc) is 3.43. The van der Waals surface area contributed by atoms with E-state index in [2.05, 4.69) is 93.7 Å². The van der Waals surface area contributed by atoms with Gasteiger partial charge in [0.1, 0.15) is 13.2 Å². The molecule has 6 heteroatoms. The molecule has 0 saturated carbocycles. The molecule has 0 N–H and O–H groups in total. The van der Waals surface area contributed by atoms with E-state index in [1.165, 1.54) is 199 Å². The molecule has 0 heterocycles. The number of carbonyl (C=O) groups is 3. The molecule has 6 nitrogen and oxygen atoms in total. The Labute approximate surface area is 478 Å². The van der Waals surface area contributed by atoms with Crippen molar-refractivity contribution in [1.82, 2.24) is 0 Å². The van der Waals surface area contributed by atoms with Crippen molar-refractivity contribution in [2.45, 2.75) is 348 Å². The number of unbranched alkanes of at least 4 members (excludes halogenated alkanes) is 38. The maximum Gasteiger partial charge on any atom is 0.306 e. The average molecular weight is 1080 g/mol. The van der Waals surface area contributed by atoms with Crippen molar-refractivity contribution in [1.29, 1.82) is 0 Å². The van der Waals surface area contributed by atoms with Crippen molar-refractivity contribution in [2.24, 2.45) is 0 Å². The Morgan fingerprint density at radius 2 is 0.494 bits per heavy atom. The highest BCUT2D eigenvalue weighted by Crippen LogP contribution is 2.17. The van der Waals surface area contributed by atoms with Gasteiger partial charge in [0.2, 0.25) is 0 Å². The molecule has 446 valence electrons. The van der Waals surface area contributed by atoms with E-state index >= 15 is 0 Å². The first-order valence-corrected chi connectivity index (χ1v) is 33.4. The third kappa shape index (κ3) is 63.6. The van der Waals surface area contributed by atoms with Crippen LogP contribution in [0.1, 0.15) is 342 Å². The number of carbonyl (C=O) groups excluding carboxylic acids is 3. The summed E-state index contributed by atoms with van der Waals surface area (Å²) in [5.41, 5.74) is 0. The summed E-state index contributed by atoms with van der Waals surface area (Å²) < 4.78 is 16.9. The van der Waals surface area contributed by atoms with E-state index in [1.54, 1.807) is 0 Å². The molecule has 77 heavy (non-hydrogen) atoms. The highest BCUT2D eigenvalue weighted by molar-refractivity contribution is 5.71. The first kappa shape index (κ1) is 73.8. The summed E-state index contributed by atoms with van der Waals surface area (Å²) in [4.78, 5) is 38.3. The minimum atomic E-state index is -0.786. The lowest BCUT2D eigenvalue weighted by atomic mass is 10.0. The topological polar surface area (TPSA) is 78.9 Å². The summed E-state index contributed by atoms with van der Waals surface area (Å²) in [6, 6.07) is 0. The van der Waals surface area contributed by atoms with Gasteiger partial charge < -0.3 is 14.2 Å². The van der Waals surface area contributed by atoms with Gasteiger partial charge in [0.05, 0.1) is 0 Å². The van der Waals surface area contributed by atoms with Gasteiger partial charge in [-0.3, -0.25) is 14.4 Å². The van der Waals surface area contributed by atoms with Crippen LogP contribution in [0, 0.1) is 0 Å². The molecular weight excluding hydrogens is 949 g/mol. The van der Waals surface area contributed by atoms with Gasteiger partial charge in [-0.05, 0) is 109 Å². The quantitative estimate of drug-likeness (QED) is 0.0261.